The summed E-state index contributed by atoms with van der Waals surface area (Å²) in [7, 11) is -3.58. The van der Waals surface area contributed by atoms with Crippen molar-refractivity contribution in [2.24, 2.45) is 0 Å². The molecule has 0 spiro atoms. The van der Waals surface area contributed by atoms with Gasteiger partial charge < -0.3 is 4.74 Å². The average Bonchev–Trinajstić information content (AvgIpc) is 2.53. The van der Waals surface area contributed by atoms with E-state index in [-0.39, 0.29) is 11.4 Å². The van der Waals surface area contributed by atoms with Gasteiger partial charge in [-0.3, -0.25) is 0 Å². The SMILES string of the molecule is CCCOc1cc(S(=O)(=O)NCc2ccc(C)cc2)ccc1Br. The molecular weight excluding hydrogens is 378 g/mol. The normalized spacial score (nSPS) is 11.4. The first-order chi connectivity index (χ1) is 10.9. The zero-order valence-corrected chi connectivity index (χ0v) is 15.6. The van der Waals surface area contributed by atoms with E-state index in [1.54, 1.807) is 12.1 Å². The fourth-order valence-electron chi connectivity index (χ4n) is 1.94. The minimum absolute atomic E-state index is 0.193. The summed E-state index contributed by atoms with van der Waals surface area (Å²) >= 11 is 3.37. The smallest absolute Gasteiger partial charge is 0.241 e. The lowest BCUT2D eigenvalue weighted by Gasteiger charge is -2.11. The minimum Gasteiger partial charge on any atom is -0.492 e. The Bertz CT molecular complexity index is 758. The number of halogens is 1. The van der Waals surface area contributed by atoms with Gasteiger partial charge in [0.15, 0.2) is 0 Å². The van der Waals surface area contributed by atoms with Crippen molar-refractivity contribution < 1.29 is 13.2 Å². The monoisotopic (exact) mass is 397 g/mol. The Labute approximate surface area is 146 Å². The Morgan fingerprint density at radius 1 is 1.13 bits per heavy atom. The second-order valence-corrected chi connectivity index (χ2v) is 7.87. The third-order valence-corrected chi connectivity index (χ3v) is 5.32. The number of ether oxygens (including phenoxy) is 1. The number of nitrogens with one attached hydrogen (secondary N) is 1. The number of rotatable bonds is 7. The minimum atomic E-state index is -3.58. The highest BCUT2D eigenvalue weighted by Crippen LogP contribution is 2.28. The molecule has 0 atom stereocenters. The van der Waals surface area contributed by atoms with E-state index in [9.17, 15) is 8.42 Å². The molecular formula is C17H20BrNO3S. The summed E-state index contributed by atoms with van der Waals surface area (Å²) in [6.45, 7) is 4.79. The molecule has 2 aromatic carbocycles. The molecule has 0 heterocycles. The van der Waals surface area contributed by atoms with Gasteiger partial charge in [-0.2, -0.15) is 0 Å². The van der Waals surface area contributed by atoms with Crippen LogP contribution in [0.2, 0.25) is 0 Å². The number of benzene rings is 2. The first-order valence-electron chi connectivity index (χ1n) is 7.40. The van der Waals surface area contributed by atoms with Gasteiger partial charge in [0.25, 0.3) is 0 Å². The van der Waals surface area contributed by atoms with Crippen molar-refractivity contribution in [1.29, 1.82) is 0 Å². The van der Waals surface area contributed by atoms with Crippen LogP contribution in [-0.4, -0.2) is 15.0 Å². The zero-order chi connectivity index (χ0) is 16.9. The van der Waals surface area contributed by atoms with Crippen LogP contribution in [0.4, 0.5) is 0 Å². The fourth-order valence-corrected chi connectivity index (χ4v) is 3.33. The van der Waals surface area contributed by atoms with Gasteiger partial charge in [0, 0.05) is 12.6 Å². The molecule has 1 N–H and O–H groups in total. The lowest BCUT2D eigenvalue weighted by Crippen LogP contribution is -2.23. The van der Waals surface area contributed by atoms with Crippen LogP contribution in [0.1, 0.15) is 24.5 Å². The Balaban J connectivity index is 2.13. The van der Waals surface area contributed by atoms with E-state index in [0.717, 1.165) is 22.0 Å². The first-order valence-corrected chi connectivity index (χ1v) is 9.67. The van der Waals surface area contributed by atoms with Gasteiger partial charge in [0.2, 0.25) is 10.0 Å². The molecule has 6 heteroatoms. The highest BCUT2D eigenvalue weighted by atomic mass is 79.9. The number of sulfonamides is 1. The Morgan fingerprint density at radius 2 is 1.83 bits per heavy atom. The zero-order valence-electron chi connectivity index (χ0n) is 13.2. The highest BCUT2D eigenvalue weighted by Gasteiger charge is 2.16. The molecule has 2 aromatic rings. The van der Waals surface area contributed by atoms with Crippen LogP contribution in [0.25, 0.3) is 0 Å². The highest BCUT2D eigenvalue weighted by molar-refractivity contribution is 9.10. The summed E-state index contributed by atoms with van der Waals surface area (Å²) in [6.07, 6.45) is 0.856. The van der Waals surface area contributed by atoms with E-state index < -0.39 is 10.0 Å². The van der Waals surface area contributed by atoms with Crippen LogP contribution in [-0.2, 0) is 16.6 Å². The Morgan fingerprint density at radius 3 is 2.48 bits per heavy atom. The van der Waals surface area contributed by atoms with Crippen LogP contribution >= 0.6 is 15.9 Å². The Kier molecular flexibility index (Phi) is 6.21. The molecule has 0 unspecified atom stereocenters. The van der Waals surface area contributed by atoms with Crippen molar-refractivity contribution in [1.82, 2.24) is 4.72 Å². The molecule has 0 saturated carbocycles. The number of hydrogen-bond acceptors (Lipinski definition) is 3. The lowest BCUT2D eigenvalue weighted by molar-refractivity contribution is 0.314. The molecule has 4 nitrogen and oxygen atoms in total. The maximum atomic E-state index is 12.4. The third-order valence-electron chi connectivity index (χ3n) is 3.26. The molecule has 2 rings (SSSR count). The quantitative estimate of drug-likeness (QED) is 0.767. The molecule has 0 amide bonds. The van der Waals surface area contributed by atoms with E-state index in [1.807, 2.05) is 38.1 Å². The van der Waals surface area contributed by atoms with E-state index in [2.05, 4.69) is 20.7 Å². The Hall–Kier alpha value is -1.37. The maximum absolute atomic E-state index is 12.4. The van der Waals surface area contributed by atoms with Crippen molar-refractivity contribution >= 4 is 26.0 Å². The summed E-state index contributed by atoms with van der Waals surface area (Å²) in [5.41, 5.74) is 2.06. The topological polar surface area (TPSA) is 55.4 Å². The standard InChI is InChI=1S/C17H20BrNO3S/c1-3-10-22-17-11-15(8-9-16(17)18)23(20,21)19-12-14-6-4-13(2)5-7-14/h4-9,11,19H,3,10,12H2,1-2H3. The molecule has 0 fully saturated rings. The van der Waals surface area contributed by atoms with Gasteiger partial charge in [-0.15, -0.1) is 0 Å². The summed E-state index contributed by atoms with van der Waals surface area (Å²) in [5, 5.41) is 0. The summed E-state index contributed by atoms with van der Waals surface area (Å²) in [4.78, 5) is 0.193. The van der Waals surface area contributed by atoms with Crippen molar-refractivity contribution in [3.63, 3.8) is 0 Å². The molecule has 0 aromatic heterocycles. The molecule has 23 heavy (non-hydrogen) atoms. The van der Waals surface area contributed by atoms with Gasteiger partial charge in [-0.05, 0) is 47.0 Å². The van der Waals surface area contributed by atoms with Crippen LogP contribution < -0.4 is 9.46 Å². The molecule has 0 aliphatic heterocycles. The first kappa shape index (κ1) is 18.0. The van der Waals surface area contributed by atoms with Crippen LogP contribution in [0.5, 0.6) is 5.75 Å². The predicted octanol–water partition coefficient (Wildman–Crippen LogP) is 4.02. The van der Waals surface area contributed by atoms with Crippen LogP contribution in [0, 0.1) is 6.92 Å². The molecule has 124 valence electrons. The van der Waals surface area contributed by atoms with Crippen molar-refractivity contribution in [3.05, 3.63) is 58.1 Å². The van der Waals surface area contributed by atoms with E-state index in [4.69, 9.17) is 4.74 Å². The second-order valence-electron chi connectivity index (χ2n) is 5.25. The van der Waals surface area contributed by atoms with E-state index in [0.29, 0.717) is 12.4 Å². The van der Waals surface area contributed by atoms with Gasteiger partial charge >= 0.3 is 0 Å². The second kappa shape index (κ2) is 7.95. The molecule has 0 saturated heterocycles. The maximum Gasteiger partial charge on any atom is 0.241 e. The van der Waals surface area contributed by atoms with Gasteiger partial charge in [-0.25, -0.2) is 13.1 Å². The van der Waals surface area contributed by atoms with Gasteiger partial charge in [-0.1, -0.05) is 36.8 Å². The molecule has 0 bridgehead atoms. The molecule has 0 radical (unpaired) electrons. The lowest BCUT2D eigenvalue weighted by atomic mass is 10.2. The average molecular weight is 398 g/mol. The van der Waals surface area contributed by atoms with E-state index >= 15 is 0 Å². The van der Waals surface area contributed by atoms with Gasteiger partial charge in [0.05, 0.1) is 16.0 Å². The summed E-state index contributed by atoms with van der Waals surface area (Å²) in [6, 6.07) is 12.5. The number of aryl methyl sites for hydroxylation is 1. The largest absolute Gasteiger partial charge is 0.492 e. The van der Waals surface area contributed by atoms with Gasteiger partial charge in [0.1, 0.15) is 5.75 Å². The van der Waals surface area contributed by atoms with Crippen molar-refractivity contribution in [2.45, 2.75) is 31.7 Å². The van der Waals surface area contributed by atoms with Crippen molar-refractivity contribution in [3.8, 4) is 5.75 Å². The van der Waals surface area contributed by atoms with Crippen LogP contribution in [0.15, 0.2) is 51.8 Å². The summed E-state index contributed by atoms with van der Waals surface area (Å²) in [5.74, 6) is 0.532. The summed E-state index contributed by atoms with van der Waals surface area (Å²) < 4.78 is 33.8. The predicted molar refractivity (Wildman–Crippen MR) is 95.1 cm³/mol. The fraction of sp³-hybridized carbons (Fsp3) is 0.294. The van der Waals surface area contributed by atoms with Crippen molar-refractivity contribution in [2.75, 3.05) is 6.61 Å². The molecule has 0 aliphatic carbocycles. The number of hydrogen-bond donors (Lipinski definition) is 1. The van der Waals surface area contributed by atoms with Crippen LogP contribution in [0.3, 0.4) is 0 Å². The van der Waals surface area contributed by atoms with E-state index in [1.165, 1.54) is 6.07 Å². The third kappa shape index (κ3) is 5.06. The molecule has 0 aliphatic rings.